The van der Waals surface area contributed by atoms with Crippen LogP contribution in [0.3, 0.4) is 0 Å². The molecule has 0 saturated heterocycles. The Bertz CT molecular complexity index is 642. The number of hydrogen-bond donors (Lipinski definition) is 0. The second kappa shape index (κ2) is 6.63. The fourth-order valence-electron chi connectivity index (χ4n) is 1.76. The van der Waals surface area contributed by atoms with Gasteiger partial charge in [-0.25, -0.2) is 4.39 Å². The molecular formula is C15H10ClF3O2. The first kappa shape index (κ1) is 15.4. The van der Waals surface area contributed by atoms with Crippen LogP contribution in [0.4, 0.5) is 13.2 Å². The molecule has 2 aromatic carbocycles. The predicted octanol–water partition coefficient (Wildman–Crippen LogP) is 4.51. The molecule has 0 spiro atoms. The number of carbonyl (C=O) groups excluding carboxylic acids is 1. The first-order valence-electron chi connectivity index (χ1n) is 5.97. The second-order valence-electron chi connectivity index (χ2n) is 4.25. The Morgan fingerprint density at radius 1 is 1.14 bits per heavy atom. The van der Waals surface area contributed by atoms with E-state index in [1.54, 1.807) is 0 Å². The van der Waals surface area contributed by atoms with Crippen molar-refractivity contribution in [3.8, 4) is 5.75 Å². The van der Waals surface area contributed by atoms with Gasteiger partial charge in [0.05, 0.1) is 5.02 Å². The quantitative estimate of drug-likeness (QED) is 0.759. The van der Waals surface area contributed by atoms with Crippen molar-refractivity contribution in [1.29, 1.82) is 0 Å². The smallest absolute Gasteiger partial charge is 0.387 e. The van der Waals surface area contributed by atoms with Crippen LogP contribution in [0.1, 0.15) is 15.9 Å². The zero-order valence-corrected chi connectivity index (χ0v) is 11.4. The van der Waals surface area contributed by atoms with Gasteiger partial charge in [-0.3, -0.25) is 4.79 Å². The van der Waals surface area contributed by atoms with Crippen LogP contribution in [0, 0.1) is 5.82 Å². The number of carbonyl (C=O) groups is 1. The Morgan fingerprint density at radius 3 is 2.38 bits per heavy atom. The molecule has 2 aromatic rings. The molecule has 0 heterocycles. The fourth-order valence-corrected chi connectivity index (χ4v) is 1.96. The molecule has 21 heavy (non-hydrogen) atoms. The molecule has 0 radical (unpaired) electrons. The van der Waals surface area contributed by atoms with Crippen LogP contribution in [-0.2, 0) is 6.42 Å². The SMILES string of the molecule is O=C(Cc1ccc(F)c(Cl)c1)c1ccc(OC(F)F)cc1. The van der Waals surface area contributed by atoms with E-state index in [1.807, 2.05) is 0 Å². The van der Waals surface area contributed by atoms with Gasteiger partial charge in [0.2, 0.25) is 0 Å². The molecule has 0 aromatic heterocycles. The summed E-state index contributed by atoms with van der Waals surface area (Å²) in [7, 11) is 0. The van der Waals surface area contributed by atoms with Crippen molar-refractivity contribution >= 4 is 17.4 Å². The number of ketones is 1. The summed E-state index contributed by atoms with van der Waals surface area (Å²) in [6.45, 7) is -2.91. The molecular weight excluding hydrogens is 305 g/mol. The summed E-state index contributed by atoms with van der Waals surface area (Å²) in [5, 5.41) is -0.0546. The predicted molar refractivity (Wildman–Crippen MR) is 72.5 cm³/mol. The number of ether oxygens (including phenoxy) is 1. The van der Waals surface area contributed by atoms with Crippen molar-refractivity contribution in [3.63, 3.8) is 0 Å². The van der Waals surface area contributed by atoms with Gasteiger partial charge < -0.3 is 4.74 Å². The van der Waals surface area contributed by atoms with Gasteiger partial charge in [-0.15, -0.1) is 0 Å². The van der Waals surface area contributed by atoms with Gasteiger partial charge in [0.25, 0.3) is 0 Å². The third-order valence-corrected chi connectivity index (χ3v) is 3.04. The van der Waals surface area contributed by atoms with E-state index in [0.29, 0.717) is 11.1 Å². The molecule has 0 bridgehead atoms. The summed E-state index contributed by atoms with van der Waals surface area (Å²) < 4.78 is 41.2. The number of halogens is 4. The summed E-state index contributed by atoms with van der Waals surface area (Å²) in [5.74, 6) is -0.811. The van der Waals surface area contributed by atoms with Crippen LogP contribution in [0.2, 0.25) is 5.02 Å². The van der Waals surface area contributed by atoms with Gasteiger partial charge in [0.1, 0.15) is 11.6 Å². The lowest BCUT2D eigenvalue weighted by Crippen LogP contribution is -2.05. The van der Waals surface area contributed by atoms with E-state index in [2.05, 4.69) is 4.74 Å². The van der Waals surface area contributed by atoms with Crippen molar-refractivity contribution in [2.45, 2.75) is 13.0 Å². The Labute approximate surface area is 124 Å². The Morgan fingerprint density at radius 2 is 1.81 bits per heavy atom. The standard InChI is InChI=1S/C15H10ClF3O2/c16-12-7-9(1-6-13(12)17)8-14(20)10-2-4-11(5-3-10)21-15(18)19/h1-7,15H,8H2. The maximum Gasteiger partial charge on any atom is 0.387 e. The lowest BCUT2D eigenvalue weighted by molar-refractivity contribution is -0.0498. The van der Waals surface area contributed by atoms with E-state index < -0.39 is 12.4 Å². The largest absolute Gasteiger partial charge is 0.435 e. The molecule has 0 N–H and O–H groups in total. The van der Waals surface area contributed by atoms with E-state index in [-0.39, 0.29) is 23.0 Å². The summed E-state index contributed by atoms with van der Waals surface area (Å²) in [4.78, 5) is 12.0. The highest BCUT2D eigenvalue weighted by Crippen LogP contribution is 2.19. The Hall–Kier alpha value is -2.01. The molecule has 110 valence electrons. The van der Waals surface area contributed by atoms with Crippen LogP contribution >= 0.6 is 11.6 Å². The van der Waals surface area contributed by atoms with Crippen molar-refractivity contribution in [1.82, 2.24) is 0 Å². The normalized spacial score (nSPS) is 10.7. The minimum Gasteiger partial charge on any atom is -0.435 e. The summed E-state index contributed by atoms with van der Waals surface area (Å²) in [6, 6.07) is 9.39. The van der Waals surface area contributed by atoms with E-state index in [1.165, 1.54) is 42.5 Å². The molecule has 6 heteroatoms. The lowest BCUT2D eigenvalue weighted by atomic mass is 10.0. The topological polar surface area (TPSA) is 26.3 Å². The van der Waals surface area contributed by atoms with Crippen LogP contribution < -0.4 is 4.74 Å². The summed E-state index contributed by atoms with van der Waals surface area (Å²) in [6.07, 6.45) is 0.0368. The third-order valence-electron chi connectivity index (χ3n) is 2.75. The molecule has 0 unspecified atom stereocenters. The molecule has 0 saturated carbocycles. The van der Waals surface area contributed by atoms with Crippen molar-refractivity contribution in [3.05, 3.63) is 64.4 Å². The maximum absolute atomic E-state index is 13.0. The van der Waals surface area contributed by atoms with E-state index in [4.69, 9.17) is 11.6 Å². The zero-order chi connectivity index (χ0) is 15.4. The van der Waals surface area contributed by atoms with Gasteiger partial charge in [0.15, 0.2) is 5.78 Å². The van der Waals surface area contributed by atoms with E-state index in [0.717, 1.165) is 0 Å². The number of rotatable bonds is 5. The molecule has 0 aliphatic heterocycles. The average Bonchev–Trinajstić information content (AvgIpc) is 2.43. The highest BCUT2D eigenvalue weighted by molar-refractivity contribution is 6.30. The number of hydrogen-bond acceptors (Lipinski definition) is 2. The van der Waals surface area contributed by atoms with Gasteiger partial charge >= 0.3 is 6.61 Å². The lowest BCUT2D eigenvalue weighted by Gasteiger charge is -2.06. The summed E-state index contributed by atoms with van der Waals surface area (Å²) in [5.41, 5.74) is 0.913. The number of Topliss-reactive ketones (excluding diaryl/α,β-unsaturated/α-hetero) is 1. The average molecular weight is 315 g/mol. The highest BCUT2D eigenvalue weighted by atomic mass is 35.5. The number of alkyl halides is 2. The Kier molecular flexibility index (Phi) is 4.85. The first-order valence-corrected chi connectivity index (χ1v) is 6.35. The molecule has 2 nitrogen and oxygen atoms in total. The molecule has 0 fully saturated rings. The highest BCUT2D eigenvalue weighted by Gasteiger charge is 2.10. The second-order valence-corrected chi connectivity index (χ2v) is 4.66. The minimum absolute atomic E-state index is 0.0219. The Balaban J connectivity index is 2.07. The van der Waals surface area contributed by atoms with Crippen molar-refractivity contribution in [2.75, 3.05) is 0 Å². The van der Waals surface area contributed by atoms with Crippen LogP contribution in [-0.4, -0.2) is 12.4 Å². The van der Waals surface area contributed by atoms with E-state index >= 15 is 0 Å². The molecule has 0 aliphatic carbocycles. The van der Waals surface area contributed by atoms with Gasteiger partial charge in [0, 0.05) is 12.0 Å². The van der Waals surface area contributed by atoms with Crippen molar-refractivity contribution < 1.29 is 22.7 Å². The van der Waals surface area contributed by atoms with Gasteiger partial charge in [-0.1, -0.05) is 17.7 Å². The first-order chi connectivity index (χ1) is 9.95. The number of benzene rings is 2. The molecule has 0 atom stereocenters. The minimum atomic E-state index is -2.91. The third kappa shape index (κ3) is 4.23. The van der Waals surface area contributed by atoms with Crippen LogP contribution in [0.25, 0.3) is 0 Å². The van der Waals surface area contributed by atoms with Gasteiger partial charge in [-0.05, 0) is 42.0 Å². The summed E-state index contributed by atoms with van der Waals surface area (Å²) >= 11 is 5.64. The fraction of sp³-hybridized carbons (Fsp3) is 0.133. The van der Waals surface area contributed by atoms with Crippen molar-refractivity contribution in [2.24, 2.45) is 0 Å². The van der Waals surface area contributed by atoms with Crippen LogP contribution in [0.5, 0.6) is 5.75 Å². The van der Waals surface area contributed by atoms with Crippen LogP contribution in [0.15, 0.2) is 42.5 Å². The molecule has 0 aliphatic rings. The monoisotopic (exact) mass is 314 g/mol. The maximum atomic E-state index is 13.0. The van der Waals surface area contributed by atoms with Gasteiger partial charge in [-0.2, -0.15) is 8.78 Å². The van der Waals surface area contributed by atoms with E-state index in [9.17, 15) is 18.0 Å². The molecule has 0 amide bonds. The molecule has 2 rings (SSSR count). The zero-order valence-electron chi connectivity index (χ0n) is 10.7.